The fraction of sp³-hybridized carbons (Fsp3) is 0.364. The Bertz CT molecular complexity index is 944. The summed E-state index contributed by atoms with van der Waals surface area (Å²) in [5.74, 6) is 1.12. The van der Waals surface area contributed by atoms with E-state index in [-0.39, 0.29) is 0 Å². The molecular formula is C22H25N3O3. The van der Waals surface area contributed by atoms with Crippen molar-refractivity contribution >= 4 is 23.1 Å². The molecule has 1 saturated carbocycles. The number of benzene rings is 2. The highest BCUT2D eigenvalue weighted by Gasteiger charge is 2.21. The molecule has 0 radical (unpaired) electrons. The lowest BCUT2D eigenvalue weighted by Crippen LogP contribution is -2.13. The topological polar surface area (TPSA) is 76.4 Å². The second-order valence-electron chi connectivity index (χ2n) is 7.31. The summed E-state index contributed by atoms with van der Waals surface area (Å²) >= 11 is 0. The number of carbonyl (C=O) groups is 1. The zero-order chi connectivity index (χ0) is 19.3. The van der Waals surface area contributed by atoms with E-state index in [4.69, 9.17) is 14.8 Å². The lowest BCUT2D eigenvalue weighted by molar-refractivity contribution is 0.144. The average Bonchev–Trinajstić information content (AvgIpc) is 2.85. The normalized spacial score (nSPS) is 15.3. The molecule has 28 heavy (non-hydrogen) atoms. The third-order valence-electron chi connectivity index (χ3n) is 5.35. The zero-order valence-electron chi connectivity index (χ0n) is 15.8. The van der Waals surface area contributed by atoms with Gasteiger partial charge in [0, 0.05) is 18.7 Å². The van der Waals surface area contributed by atoms with Gasteiger partial charge in [0.1, 0.15) is 5.75 Å². The SMILES string of the molecule is O=C(O)Oc1ccc2c(c1)nc(NCc1ccccc1)n2C1CCCCCC1. The van der Waals surface area contributed by atoms with Gasteiger partial charge >= 0.3 is 6.16 Å². The Hall–Kier alpha value is -3.02. The van der Waals surface area contributed by atoms with Crippen LogP contribution in [0.15, 0.2) is 48.5 Å². The van der Waals surface area contributed by atoms with Gasteiger partial charge < -0.3 is 19.7 Å². The summed E-state index contributed by atoms with van der Waals surface area (Å²) < 4.78 is 7.11. The number of fused-ring (bicyclic) bond motifs is 1. The molecule has 0 aliphatic heterocycles. The zero-order valence-corrected chi connectivity index (χ0v) is 15.8. The average molecular weight is 379 g/mol. The number of anilines is 1. The van der Waals surface area contributed by atoms with Gasteiger partial charge in [-0.1, -0.05) is 56.0 Å². The highest BCUT2D eigenvalue weighted by molar-refractivity contribution is 5.81. The smallest absolute Gasteiger partial charge is 0.449 e. The third-order valence-corrected chi connectivity index (χ3v) is 5.35. The molecular weight excluding hydrogens is 354 g/mol. The second kappa shape index (κ2) is 8.33. The predicted octanol–water partition coefficient (Wildman–Crippen LogP) is 5.60. The number of imidazole rings is 1. The lowest BCUT2D eigenvalue weighted by Gasteiger charge is -2.20. The molecule has 6 heteroatoms. The van der Waals surface area contributed by atoms with Crippen molar-refractivity contribution in [3.63, 3.8) is 0 Å². The summed E-state index contributed by atoms with van der Waals surface area (Å²) in [5.41, 5.74) is 2.95. The summed E-state index contributed by atoms with van der Waals surface area (Å²) in [6.07, 6.45) is 5.98. The van der Waals surface area contributed by atoms with Crippen LogP contribution in [0.1, 0.15) is 50.1 Å². The number of aromatic nitrogens is 2. The first-order valence-electron chi connectivity index (χ1n) is 9.91. The fourth-order valence-electron chi connectivity index (χ4n) is 4.03. The number of rotatable bonds is 5. The number of hydrogen-bond donors (Lipinski definition) is 2. The summed E-state index contributed by atoms with van der Waals surface area (Å²) in [7, 11) is 0. The van der Waals surface area contributed by atoms with Crippen LogP contribution in [0.5, 0.6) is 5.75 Å². The Morgan fingerprint density at radius 1 is 1.11 bits per heavy atom. The quantitative estimate of drug-likeness (QED) is 0.343. The van der Waals surface area contributed by atoms with Crippen molar-refractivity contribution in [3.8, 4) is 5.75 Å². The van der Waals surface area contributed by atoms with E-state index in [2.05, 4.69) is 22.0 Å². The maximum atomic E-state index is 10.9. The van der Waals surface area contributed by atoms with Crippen LogP contribution in [-0.2, 0) is 6.54 Å². The predicted molar refractivity (Wildman–Crippen MR) is 109 cm³/mol. The van der Waals surface area contributed by atoms with Gasteiger partial charge in [-0.15, -0.1) is 0 Å². The molecule has 1 aliphatic rings. The van der Waals surface area contributed by atoms with E-state index in [9.17, 15) is 4.79 Å². The molecule has 2 N–H and O–H groups in total. The monoisotopic (exact) mass is 379 g/mol. The maximum Gasteiger partial charge on any atom is 0.511 e. The first kappa shape index (κ1) is 18.3. The van der Waals surface area contributed by atoms with E-state index < -0.39 is 6.16 Å². The molecule has 0 amide bonds. The molecule has 1 aliphatic carbocycles. The van der Waals surface area contributed by atoms with Crippen LogP contribution in [-0.4, -0.2) is 20.8 Å². The first-order chi connectivity index (χ1) is 13.7. The largest absolute Gasteiger partial charge is 0.511 e. The van der Waals surface area contributed by atoms with Crippen LogP contribution >= 0.6 is 0 Å². The Kier molecular flexibility index (Phi) is 5.46. The Balaban J connectivity index is 1.69. The maximum absolute atomic E-state index is 10.9. The molecule has 2 aromatic carbocycles. The van der Waals surface area contributed by atoms with E-state index in [0.29, 0.717) is 18.3 Å². The number of nitrogens with one attached hydrogen (secondary N) is 1. The standard InChI is InChI=1S/C22H25N3O3/c26-22(27)28-18-12-13-20-19(14-18)24-21(23-15-16-8-4-3-5-9-16)25(20)17-10-6-1-2-7-11-17/h3-5,8-9,12-14,17H,1-2,6-7,10-11,15H2,(H,23,24)(H,26,27). The Labute approximate surface area is 164 Å². The molecule has 0 saturated heterocycles. The van der Waals surface area contributed by atoms with E-state index in [1.165, 1.54) is 31.2 Å². The minimum atomic E-state index is -1.31. The molecule has 0 spiro atoms. The van der Waals surface area contributed by atoms with Gasteiger partial charge in [0.25, 0.3) is 0 Å². The van der Waals surface area contributed by atoms with Gasteiger partial charge in [-0.05, 0) is 30.5 Å². The van der Waals surface area contributed by atoms with Crippen molar-refractivity contribution in [1.82, 2.24) is 9.55 Å². The summed E-state index contributed by atoms with van der Waals surface area (Å²) in [4.78, 5) is 15.6. The van der Waals surface area contributed by atoms with E-state index in [1.807, 2.05) is 24.3 Å². The highest BCUT2D eigenvalue weighted by atomic mass is 16.7. The van der Waals surface area contributed by atoms with Crippen molar-refractivity contribution in [2.24, 2.45) is 0 Å². The minimum Gasteiger partial charge on any atom is -0.449 e. The van der Waals surface area contributed by atoms with Crippen molar-refractivity contribution in [3.05, 3.63) is 54.1 Å². The van der Waals surface area contributed by atoms with Gasteiger partial charge in [0.2, 0.25) is 5.95 Å². The Morgan fingerprint density at radius 2 is 1.86 bits per heavy atom. The van der Waals surface area contributed by atoms with Gasteiger partial charge in [0.05, 0.1) is 11.0 Å². The third kappa shape index (κ3) is 4.11. The van der Waals surface area contributed by atoms with Crippen LogP contribution in [0, 0.1) is 0 Å². The van der Waals surface area contributed by atoms with Gasteiger partial charge in [-0.2, -0.15) is 0 Å². The fourth-order valence-corrected chi connectivity index (χ4v) is 4.03. The van der Waals surface area contributed by atoms with E-state index in [0.717, 1.165) is 29.8 Å². The van der Waals surface area contributed by atoms with Crippen molar-refractivity contribution in [1.29, 1.82) is 0 Å². The van der Waals surface area contributed by atoms with Gasteiger partial charge in [0.15, 0.2) is 0 Å². The minimum absolute atomic E-state index is 0.292. The molecule has 0 atom stereocenters. The molecule has 3 aromatic rings. The van der Waals surface area contributed by atoms with Crippen LogP contribution < -0.4 is 10.1 Å². The van der Waals surface area contributed by atoms with Gasteiger partial charge in [-0.3, -0.25) is 0 Å². The Morgan fingerprint density at radius 3 is 2.57 bits per heavy atom. The van der Waals surface area contributed by atoms with E-state index >= 15 is 0 Å². The van der Waals surface area contributed by atoms with Crippen molar-refractivity contribution in [2.75, 3.05) is 5.32 Å². The van der Waals surface area contributed by atoms with Gasteiger partial charge in [-0.25, -0.2) is 9.78 Å². The number of carboxylic acid groups (broad SMARTS) is 1. The van der Waals surface area contributed by atoms with Crippen LogP contribution in [0.4, 0.5) is 10.7 Å². The first-order valence-corrected chi connectivity index (χ1v) is 9.91. The molecule has 146 valence electrons. The number of hydrogen-bond acceptors (Lipinski definition) is 4. The molecule has 1 heterocycles. The van der Waals surface area contributed by atoms with Crippen LogP contribution in [0.2, 0.25) is 0 Å². The molecule has 6 nitrogen and oxygen atoms in total. The van der Waals surface area contributed by atoms with Crippen LogP contribution in [0.25, 0.3) is 11.0 Å². The molecule has 0 unspecified atom stereocenters. The van der Waals surface area contributed by atoms with E-state index in [1.54, 1.807) is 12.1 Å². The number of nitrogens with zero attached hydrogens (tertiary/aromatic N) is 2. The highest BCUT2D eigenvalue weighted by Crippen LogP contribution is 2.34. The number of ether oxygens (including phenoxy) is 1. The summed E-state index contributed by atoms with van der Waals surface area (Å²) in [6, 6.07) is 16.0. The molecule has 1 fully saturated rings. The second-order valence-corrected chi connectivity index (χ2v) is 7.31. The molecule has 4 rings (SSSR count). The lowest BCUT2D eigenvalue weighted by atomic mass is 10.1. The molecule has 0 bridgehead atoms. The molecule has 1 aromatic heterocycles. The van der Waals surface area contributed by atoms with Crippen molar-refractivity contribution in [2.45, 2.75) is 51.1 Å². The van der Waals surface area contributed by atoms with Crippen LogP contribution in [0.3, 0.4) is 0 Å². The summed E-state index contributed by atoms with van der Waals surface area (Å²) in [5, 5.41) is 12.4. The summed E-state index contributed by atoms with van der Waals surface area (Å²) in [6.45, 7) is 0.690. The van der Waals surface area contributed by atoms with Crippen molar-refractivity contribution < 1.29 is 14.6 Å².